The monoisotopic (exact) mass is 265 g/mol. The first-order chi connectivity index (χ1) is 9.11. The topological polar surface area (TPSA) is 53.5 Å². The van der Waals surface area contributed by atoms with Crippen molar-refractivity contribution in [3.63, 3.8) is 0 Å². The van der Waals surface area contributed by atoms with Crippen LogP contribution in [0, 0.1) is 6.92 Å². The van der Waals surface area contributed by atoms with Gasteiger partial charge in [-0.15, -0.1) is 0 Å². The maximum absolute atomic E-state index is 5.21. The lowest BCUT2D eigenvalue weighted by Crippen LogP contribution is -2.52. The van der Waals surface area contributed by atoms with Crippen molar-refractivity contribution in [3.05, 3.63) is 11.9 Å². The average Bonchev–Trinajstić information content (AvgIpc) is 2.41. The van der Waals surface area contributed by atoms with Crippen LogP contribution in [0.5, 0.6) is 5.88 Å². The lowest BCUT2D eigenvalue weighted by molar-refractivity contribution is 0.122. The molecule has 19 heavy (non-hydrogen) atoms. The molecule has 1 aromatic rings. The van der Waals surface area contributed by atoms with Crippen LogP contribution in [0.25, 0.3) is 0 Å². The average molecular weight is 265 g/mol. The number of hydrogen-bond acceptors (Lipinski definition) is 6. The number of nitrogens with one attached hydrogen (secondary N) is 1. The molecule has 0 aromatic carbocycles. The molecule has 0 saturated carbocycles. The second kappa shape index (κ2) is 6.16. The number of nitrogens with zero attached hydrogens (tertiary/aromatic N) is 4. The molecule has 1 N–H and O–H groups in total. The Hall–Kier alpha value is -1.40. The highest BCUT2D eigenvalue weighted by Gasteiger charge is 2.22. The summed E-state index contributed by atoms with van der Waals surface area (Å²) >= 11 is 0. The summed E-state index contributed by atoms with van der Waals surface area (Å²) in [5.74, 6) is 1.49. The predicted molar refractivity (Wildman–Crippen MR) is 75.7 cm³/mol. The van der Waals surface area contributed by atoms with Crippen molar-refractivity contribution in [1.29, 1.82) is 0 Å². The Morgan fingerprint density at radius 1 is 1.37 bits per heavy atom. The molecule has 1 unspecified atom stereocenters. The van der Waals surface area contributed by atoms with Crippen LogP contribution in [-0.2, 0) is 0 Å². The SMILES string of the molecule is COc1ncnc(NCC2CN(C)CCN2C)c1C. The number of piperazine rings is 1. The zero-order chi connectivity index (χ0) is 13.8. The van der Waals surface area contributed by atoms with E-state index >= 15 is 0 Å². The first-order valence-electron chi connectivity index (χ1n) is 6.60. The van der Waals surface area contributed by atoms with Crippen LogP contribution in [0.15, 0.2) is 6.33 Å². The Balaban J connectivity index is 1.98. The molecule has 1 saturated heterocycles. The zero-order valence-electron chi connectivity index (χ0n) is 12.2. The molecular formula is C13H23N5O. The standard InChI is InChI=1S/C13H23N5O/c1-10-12(15-9-16-13(10)19-4)14-7-11-8-17(2)5-6-18(11)3/h9,11H,5-8H2,1-4H3,(H,14,15,16). The van der Waals surface area contributed by atoms with Crippen LogP contribution in [0.4, 0.5) is 5.82 Å². The van der Waals surface area contributed by atoms with Gasteiger partial charge in [-0.3, -0.25) is 4.90 Å². The minimum Gasteiger partial charge on any atom is -0.481 e. The molecule has 0 aliphatic carbocycles. The van der Waals surface area contributed by atoms with Gasteiger partial charge in [0, 0.05) is 32.2 Å². The highest BCUT2D eigenvalue weighted by molar-refractivity contribution is 5.47. The van der Waals surface area contributed by atoms with Gasteiger partial charge in [-0.05, 0) is 21.0 Å². The smallest absolute Gasteiger partial charge is 0.221 e. The van der Waals surface area contributed by atoms with Crippen molar-refractivity contribution in [1.82, 2.24) is 19.8 Å². The van der Waals surface area contributed by atoms with Crippen molar-refractivity contribution in [3.8, 4) is 5.88 Å². The predicted octanol–water partition coefficient (Wildman–Crippen LogP) is 0.451. The van der Waals surface area contributed by atoms with Crippen LogP contribution in [0.3, 0.4) is 0 Å². The molecule has 1 atom stereocenters. The fourth-order valence-electron chi connectivity index (χ4n) is 2.35. The number of methoxy groups -OCH3 is 1. The first-order valence-corrected chi connectivity index (χ1v) is 6.60. The minimum atomic E-state index is 0.499. The van der Waals surface area contributed by atoms with Gasteiger partial charge in [0.15, 0.2) is 0 Å². The van der Waals surface area contributed by atoms with E-state index in [0.717, 1.165) is 37.6 Å². The van der Waals surface area contributed by atoms with Gasteiger partial charge in [-0.2, -0.15) is 0 Å². The van der Waals surface area contributed by atoms with Crippen molar-refractivity contribution in [2.75, 3.05) is 52.7 Å². The third-order valence-electron chi connectivity index (χ3n) is 3.72. The largest absolute Gasteiger partial charge is 0.481 e. The van der Waals surface area contributed by atoms with Crippen LogP contribution in [-0.4, -0.2) is 73.2 Å². The molecule has 0 radical (unpaired) electrons. The lowest BCUT2D eigenvalue weighted by Gasteiger charge is -2.37. The van der Waals surface area contributed by atoms with E-state index in [4.69, 9.17) is 4.74 Å². The second-order valence-electron chi connectivity index (χ2n) is 5.13. The van der Waals surface area contributed by atoms with Gasteiger partial charge in [0.25, 0.3) is 0 Å². The summed E-state index contributed by atoms with van der Waals surface area (Å²) in [4.78, 5) is 13.1. The summed E-state index contributed by atoms with van der Waals surface area (Å²) < 4.78 is 5.21. The summed E-state index contributed by atoms with van der Waals surface area (Å²) in [7, 11) is 5.97. The van der Waals surface area contributed by atoms with Gasteiger partial charge in [-0.1, -0.05) is 0 Å². The number of rotatable bonds is 4. The van der Waals surface area contributed by atoms with Gasteiger partial charge in [0.05, 0.1) is 12.7 Å². The highest BCUT2D eigenvalue weighted by Crippen LogP contribution is 2.20. The number of aromatic nitrogens is 2. The van der Waals surface area contributed by atoms with Crippen LogP contribution >= 0.6 is 0 Å². The van der Waals surface area contributed by atoms with Gasteiger partial charge in [-0.25, -0.2) is 9.97 Å². The zero-order valence-corrected chi connectivity index (χ0v) is 12.2. The van der Waals surface area contributed by atoms with Gasteiger partial charge < -0.3 is 15.0 Å². The summed E-state index contributed by atoms with van der Waals surface area (Å²) in [5, 5.41) is 3.41. The van der Waals surface area contributed by atoms with E-state index in [1.165, 1.54) is 6.33 Å². The molecular weight excluding hydrogens is 242 g/mol. The van der Waals surface area contributed by atoms with E-state index in [1.807, 2.05) is 6.92 Å². The lowest BCUT2D eigenvalue weighted by atomic mass is 10.2. The van der Waals surface area contributed by atoms with Gasteiger partial charge in [0.1, 0.15) is 12.1 Å². The molecule has 106 valence electrons. The Kier molecular flexibility index (Phi) is 4.55. The van der Waals surface area contributed by atoms with E-state index in [-0.39, 0.29) is 0 Å². The van der Waals surface area contributed by atoms with E-state index in [1.54, 1.807) is 7.11 Å². The molecule has 1 aromatic heterocycles. The molecule has 2 rings (SSSR count). The molecule has 2 heterocycles. The fourth-order valence-corrected chi connectivity index (χ4v) is 2.35. The summed E-state index contributed by atoms with van der Waals surface area (Å²) in [6, 6.07) is 0.499. The normalized spacial score (nSPS) is 21.4. The quantitative estimate of drug-likeness (QED) is 0.853. The number of likely N-dealkylation sites (N-methyl/N-ethyl adjacent to an activating group) is 2. The summed E-state index contributed by atoms with van der Waals surface area (Å²) in [5.41, 5.74) is 0.955. The Bertz CT molecular complexity index is 425. The van der Waals surface area contributed by atoms with Gasteiger partial charge in [0.2, 0.25) is 5.88 Å². The molecule has 0 amide bonds. The van der Waals surface area contributed by atoms with E-state index in [9.17, 15) is 0 Å². The van der Waals surface area contributed by atoms with Crippen molar-refractivity contribution in [2.45, 2.75) is 13.0 Å². The van der Waals surface area contributed by atoms with Crippen LogP contribution in [0.1, 0.15) is 5.56 Å². The molecule has 0 spiro atoms. The molecule has 1 fully saturated rings. The third-order valence-corrected chi connectivity index (χ3v) is 3.72. The Labute approximate surface area is 114 Å². The summed E-state index contributed by atoms with van der Waals surface area (Å²) in [6.45, 7) is 6.16. The van der Waals surface area contributed by atoms with E-state index in [2.05, 4.69) is 39.2 Å². The highest BCUT2D eigenvalue weighted by atomic mass is 16.5. The number of ether oxygens (including phenoxy) is 1. The van der Waals surface area contributed by atoms with E-state index in [0.29, 0.717) is 11.9 Å². The van der Waals surface area contributed by atoms with Crippen molar-refractivity contribution in [2.24, 2.45) is 0 Å². The third kappa shape index (κ3) is 3.33. The number of hydrogen-bond donors (Lipinski definition) is 1. The molecule has 1 aliphatic rings. The minimum absolute atomic E-state index is 0.499. The fraction of sp³-hybridized carbons (Fsp3) is 0.692. The van der Waals surface area contributed by atoms with E-state index < -0.39 is 0 Å². The number of anilines is 1. The molecule has 6 nitrogen and oxygen atoms in total. The maximum Gasteiger partial charge on any atom is 0.221 e. The Morgan fingerprint density at radius 3 is 2.89 bits per heavy atom. The van der Waals surface area contributed by atoms with Gasteiger partial charge >= 0.3 is 0 Å². The van der Waals surface area contributed by atoms with Crippen LogP contribution in [0.2, 0.25) is 0 Å². The molecule has 1 aliphatic heterocycles. The second-order valence-corrected chi connectivity index (χ2v) is 5.13. The van der Waals surface area contributed by atoms with Crippen LogP contribution < -0.4 is 10.1 Å². The summed E-state index contributed by atoms with van der Waals surface area (Å²) in [6.07, 6.45) is 1.53. The first kappa shape index (κ1) is 14.0. The molecule has 6 heteroatoms. The Morgan fingerprint density at radius 2 is 2.16 bits per heavy atom. The maximum atomic E-state index is 5.21. The molecule has 0 bridgehead atoms. The van der Waals surface area contributed by atoms with Crippen molar-refractivity contribution >= 4 is 5.82 Å². The van der Waals surface area contributed by atoms with Crippen molar-refractivity contribution < 1.29 is 4.74 Å².